The molecule has 1 aliphatic rings. The number of hydrogen-bond donors (Lipinski definition) is 1. The van der Waals surface area contributed by atoms with E-state index in [4.69, 9.17) is 4.74 Å². The van der Waals surface area contributed by atoms with E-state index in [1.807, 2.05) is 54.6 Å². The highest BCUT2D eigenvalue weighted by Gasteiger charge is 2.14. The van der Waals surface area contributed by atoms with Crippen LogP contribution in [-0.4, -0.2) is 44.0 Å². The summed E-state index contributed by atoms with van der Waals surface area (Å²) in [6, 6.07) is 26.3. The van der Waals surface area contributed by atoms with Crippen LogP contribution in [0.25, 0.3) is 0 Å². The molecule has 0 saturated carbocycles. The van der Waals surface area contributed by atoms with Crippen LogP contribution >= 0.6 is 0 Å². The molecule has 3 aromatic carbocycles. The second-order valence-corrected chi connectivity index (χ2v) is 8.33. The zero-order valence-corrected chi connectivity index (χ0v) is 18.7. The van der Waals surface area contributed by atoms with Gasteiger partial charge in [-0.05, 0) is 48.0 Å². The molecule has 5 nitrogen and oxygen atoms in total. The maximum atomic E-state index is 12.1. The second kappa shape index (κ2) is 10.8. The molecule has 1 aliphatic heterocycles. The van der Waals surface area contributed by atoms with Crippen LogP contribution in [0.1, 0.15) is 16.7 Å². The Balaban J connectivity index is 1.21. The van der Waals surface area contributed by atoms with Crippen LogP contribution in [0, 0.1) is 0 Å². The van der Waals surface area contributed by atoms with Gasteiger partial charge < -0.3 is 19.9 Å². The third-order valence-corrected chi connectivity index (χ3v) is 5.83. The molecule has 1 saturated heterocycles. The second-order valence-electron chi connectivity index (χ2n) is 8.33. The Kier molecular flexibility index (Phi) is 7.41. The first-order valence-corrected chi connectivity index (χ1v) is 11.2. The molecule has 1 fully saturated rings. The number of amides is 1. The number of hydrogen-bond acceptors (Lipinski definition) is 4. The summed E-state index contributed by atoms with van der Waals surface area (Å²) in [5.74, 6) is 0.851. The molecule has 1 heterocycles. The fraction of sp³-hybridized carbons (Fsp3) is 0.296. The van der Waals surface area contributed by atoms with Gasteiger partial charge >= 0.3 is 0 Å². The van der Waals surface area contributed by atoms with Crippen molar-refractivity contribution in [1.82, 2.24) is 10.2 Å². The maximum absolute atomic E-state index is 12.1. The third kappa shape index (κ3) is 6.34. The molecule has 166 valence electrons. The first kappa shape index (κ1) is 21.9. The van der Waals surface area contributed by atoms with Gasteiger partial charge in [-0.15, -0.1) is 0 Å². The Morgan fingerprint density at radius 2 is 1.47 bits per heavy atom. The molecule has 32 heavy (non-hydrogen) atoms. The molecule has 1 amide bonds. The van der Waals surface area contributed by atoms with Gasteiger partial charge in [0.25, 0.3) is 0 Å². The molecule has 0 bridgehead atoms. The monoisotopic (exact) mass is 429 g/mol. The summed E-state index contributed by atoms with van der Waals surface area (Å²) in [6.07, 6.45) is 0.398. The highest BCUT2D eigenvalue weighted by Crippen LogP contribution is 2.19. The topological polar surface area (TPSA) is 44.8 Å². The minimum atomic E-state index is 0.0246. The normalized spacial score (nSPS) is 14.2. The van der Waals surface area contributed by atoms with Crippen LogP contribution in [0.4, 0.5) is 5.69 Å². The van der Waals surface area contributed by atoms with Crippen molar-refractivity contribution in [3.05, 3.63) is 95.6 Å². The number of nitrogens with one attached hydrogen (secondary N) is 1. The molecular formula is C27H31N3O2. The first-order chi connectivity index (χ1) is 15.7. The summed E-state index contributed by atoms with van der Waals surface area (Å²) in [4.78, 5) is 16.9. The van der Waals surface area contributed by atoms with E-state index in [2.05, 4.69) is 46.4 Å². The zero-order valence-electron chi connectivity index (χ0n) is 18.7. The number of rotatable bonds is 8. The first-order valence-electron chi connectivity index (χ1n) is 11.2. The summed E-state index contributed by atoms with van der Waals surface area (Å²) < 4.78 is 5.94. The predicted octanol–water partition coefficient (Wildman–Crippen LogP) is 3.88. The molecule has 3 aromatic rings. The fourth-order valence-corrected chi connectivity index (χ4v) is 3.78. The Morgan fingerprint density at radius 1 is 0.812 bits per heavy atom. The highest BCUT2D eigenvalue weighted by atomic mass is 16.5. The lowest BCUT2D eigenvalue weighted by atomic mass is 10.1. The van der Waals surface area contributed by atoms with Gasteiger partial charge in [0, 0.05) is 38.4 Å². The largest absolute Gasteiger partial charge is 0.489 e. The summed E-state index contributed by atoms with van der Waals surface area (Å²) in [5.41, 5.74) is 4.50. The molecule has 0 radical (unpaired) electrons. The SMILES string of the molecule is CN1CCN(c2ccc(COc3ccc(CNC(=O)Cc4ccccc4)cc3)cc2)CC1. The fourth-order valence-electron chi connectivity index (χ4n) is 3.78. The van der Waals surface area contributed by atoms with Crippen LogP contribution in [0.5, 0.6) is 5.75 Å². The number of likely N-dealkylation sites (N-methyl/N-ethyl adjacent to an activating group) is 1. The Morgan fingerprint density at radius 3 is 2.16 bits per heavy atom. The number of anilines is 1. The van der Waals surface area contributed by atoms with Crippen LogP contribution in [0.3, 0.4) is 0 Å². The van der Waals surface area contributed by atoms with E-state index >= 15 is 0 Å². The Labute approximate surface area is 190 Å². The predicted molar refractivity (Wildman–Crippen MR) is 129 cm³/mol. The van der Waals surface area contributed by atoms with E-state index in [-0.39, 0.29) is 5.91 Å². The molecule has 0 unspecified atom stereocenters. The molecule has 1 N–H and O–H groups in total. The molecular weight excluding hydrogens is 398 g/mol. The van der Waals surface area contributed by atoms with Crippen LogP contribution in [-0.2, 0) is 24.4 Å². The quantitative estimate of drug-likeness (QED) is 0.590. The van der Waals surface area contributed by atoms with Crippen LogP contribution in [0.2, 0.25) is 0 Å². The van der Waals surface area contributed by atoms with E-state index < -0.39 is 0 Å². The van der Waals surface area contributed by atoms with Gasteiger partial charge in [-0.25, -0.2) is 0 Å². The molecule has 0 spiro atoms. The smallest absolute Gasteiger partial charge is 0.224 e. The van der Waals surface area contributed by atoms with Crippen molar-refractivity contribution in [2.45, 2.75) is 19.6 Å². The number of nitrogens with zero attached hydrogens (tertiary/aromatic N) is 2. The van der Waals surface area contributed by atoms with E-state index in [9.17, 15) is 4.79 Å². The standard InChI is InChI=1S/C27H31N3O2/c1-29-15-17-30(18-16-29)25-11-7-24(8-12-25)21-32-26-13-9-23(10-14-26)20-28-27(31)19-22-5-3-2-4-6-22/h2-14H,15-21H2,1H3,(H,28,31). The van der Waals surface area contributed by atoms with Gasteiger partial charge in [0.1, 0.15) is 12.4 Å². The van der Waals surface area contributed by atoms with E-state index in [0.29, 0.717) is 19.6 Å². The van der Waals surface area contributed by atoms with Gasteiger partial charge in [0.05, 0.1) is 6.42 Å². The zero-order chi connectivity index (χ0) is 22.2. The van der Waals surface area contributed by atoms with Crippen LogP contribution < -0.4 is 15.0 Å². The lowest BCUT2D eigenvalue weighted by molar-refractivity contribution is -0.120. The minimum Gasteiger partial charge on any atom is -0.489 e. The van der Waals surface area contributed by atoms with Crippen LogP contribution in [0.15, 0.2) is 78.9 Å². The van der Waals surface area contributed by atoms with Gasteiger partial charge in [0.15, 0.2) is 0 Å². The summed E-state index contributed by atoms with van der Waals surface area (Å²) in [7, 11) is 2.17. The molecule has 0 atom stereocenters. The molecule has 0 aliphatic carbocycles. The van der Waals surface area contributed by atoms with Crippen molar-refractivity contribution in [3.63, 3.8) is 0 Å². The maximum Gasteiger partial charge on any atom is 0.224 e. The van der Waals surface area contributed by atoms with Gasteiger partial charge in [-0.2, -0.15) is 0 Å². The van der Waals surface area contributed by atoms with Crippen molar-refractivity contribution in [1.29, 1.82) is 0 Å². The Hall–Kier alpha value is -3.31. The average molecular weight is 430 g/mol. The third-order valence-electron chi connectivity index (χ3n) is 5.83. The summed E-state index contributed by atoms with van der Waals surface area (Å²) >= 11 is 0. The molecule has 0 aromatic heterocycles. The van der Waals surface area contributed by atoms with Crippen molar-refractivity contribution >= 4 is 11.6 Å². The Bertz CT molecular complexity index is 980. The highest BCUT2D eigenvalue weighted by molar-refractivity contribution is 5.78. The van der Waals surface area contributed by atoms with Crippen molar-refractivity contribution < 1.29 is 9.53 Å². The van der Waals surface area contributed by atoms with Crippen molar-refractivity contribution in [2.24, 2.45) is 0 Å². The van der Waals surface area contributed by atoms with Gasteiger partial charge in [-0.1, -0.05) is 54.6 Å². The number of ether oxygens (including phenoxy) is 1. The lowest BCUT2D eigenvalue weighted by Crippen LogP contribution is -2.44. The van der Waals surface area contributed by atoms with E-state index in [0.717, 1.165) is 48.6 Å². The van der Waals surface area contributed by atoms with Gasteiger partial charge in [0.2, 0.25) is 5.91 Å². The summed E-state index contributed by atoms with van der Waals surface area (Å²) in [5, 5.41) is 2.97. The number of benzene rings is 3. The number of carbonyl (C=O) groups excluding carboxylic acids is 1. The number of piperazine rings is 1. The van der Waals surface area contributed by atoms with E-state index in [1.54, 1.807) is 0 Å². The van der Waals surface area contributed by atoms with E-state index in [1.165, 1.54) is 5.69 Å². The van der Waals surface area contributed by atoms with Crippen molar-refractivity contribution in [3.8, 4) is 5.75 Å². The lowest BCUT2D eigenvalue weighted by Gasteiger charge is -2.34. The summed E-state index contributed by atoms with van der Waals surface area (Å²) in [6.45, 7) is 5.42. The average Bonchev–Trinajstić information content (AvgIpc) is 2.84. The number of carbonyl (C=O) groups is 1. The molecule has 5 heteroatoms. The minimum absolute atomic E-state index is 0.0246. The van der Waals surface area contributed by atoms with Crippen molar-refractivity contribution in [2.75, 3.05) is 38.1 Å². The molecule has 4 rings (SSSR count). The van der Waals surface area contributed by atoms with Gasteiger partial charge in [-0.3, -0.25) is 4.79 Å².